The van der Waals surface area contributed by atoms with Crippen molar-refractivity contribution in [1.29, 1.82) is 0 Å². The predicted molar refractivity (Wildman–Crippen MR) is 59.7 cm³/mol. The lowest BCUT2D eigenvalue weighted by molar-refractivity contribution is 0.0594. The molecule has 0 aromatic heterocycles. The monoisotopic (exact) mass is 182 g/mol. The van der Waals surface area contributed by atoms with Crippen LogP contribution in [0.4, 0.5) is 0 Å². The molecule has 13 heavy (non-hydrogen) atoms. The minimum absolute atomic E-state index is 0.947. The van der Waals surface area contributed by atoms with Crippen LogP contribution in [-0.4, -0.2) is 0 Å². The van der Waals surface area contributed by atoms with E-state index >= 15 is 0 Å². The maximum atomic E-state index is 2.48. The molecule has 0 heterocycles. The highest BCUT2D eigenvalue weighted by Gasteiger charge is 2.36. The maximum absolute atomic E-state index is 2.48. The molecule has 5 unspecified atom stereocenters. The zero-order chi connectivity index (χ0) is 10.0. The van der Waals surface area contributed by atoms with Crippen LogP contribution in [0.15, 0.2) is 0 Å². The highest BCUT2D eigenvalue weighted by atomic mass is 14.4. The average Bonchev–Trinajstić information content (AvgIpc) is 2.12. The molecule has 1 fully saturated rings. The summed E-state index contributed by atoms with van der Waals surface area (Å²) in [6.45, 7) is 12.1. The van der Waals surface area contributed by atoms with Crippen LogP contribution < -0.4 is 0 Å². The van der Waals surface area contributed by atoms with Crippen molar-refractivity contribution in [3.05, 3.63) is 0 Å². The van der Waals surface area contributed by atoms with Crippen molar-refractivity contribution >= 4 is 0 Å². The molecular formula is C13H26. The molecular weight excluding hydrogens is 156 g/mol. The van der Waals surface area contributed by atoms with Gasteiger partial charge in [0.15, 0.2) is 0 Å². The second-order valence-electron chi connectivity index (χ2n) is 5.17. The van der Waals surface area contributed by atoms with E-state index in [0.29, 0.717) is 0 Å². The first-order chi connectivity index (χ1) is 6.11. The molecule has 0 aliphatic heterocycles. The summed E-state index contributed by atoms with van der Waals surface area (Å²) in [7, 11) is 0. The van der Waals surface area contributed by atoms with Crippen molar-refractivity contribution in [3.63, 3.8) is 0 Å². The Morgan fingerprint density at radius 3 is 2.00 bits per heavy atom. The molecule has 0 radical (unpaired) electrons. The molecule has 0 spiro atoms. The number of rotatable bonds is 2. The first-order valence-electron chi connectivity index (χ1n) is 6.11. The second-order valence-corrected chi connectivity index (χ2v) is 5.17. The Balaban J connectivity index is 2.69. The van der Waals surface area contributed by atoms with Gasteiger partial charge in [-0.05, 0) is 36.0 Å². The fourth-order valence-electron chi connectivity index (χ4n) is 3.44. The van der Waals surface area contributed by atoms with Gasteiger partial charge in [-0.1, -0.05) is 47.5 Å². The van der Waals surface area contributed by atoms with E-state index < -0.39 is 0 Å². The van der Waals surface area contributed by atoms with Crippen LogP contribution in [0.3, 0.4) is 0 Å². The van der Waals surface area contributed by atoms with Gasteiger partial charge in [0.05, 0.1) is 0 Å². The molecule has 0 N–H and O–H groups in total. The molecule has 0 aromatic rings. The Bertz CT molecular complexity index is 150. The van der Waals surface area contributed by atoms with E-state index in [0.717, 1.165) is 29.6 Å². The molecule has 0 saturated heterocycles. The van der Waals surface area contributed by atoms with E-state index in [4.69, 9.17) is 0 Å². The largest absolute Gasteiger partial charge is 0.0651 e. The lowest BCUT2D eigenvalue weighted by Gasteiger charge is -2.43. The Kier molecular flexibility index (Phi) is 3.82. The minimum atomic E-state index is 0.947. The van der Waals surface area contributed by atoms with Crippen LogP contribution in [0.1, 0.15) is 53.9 Å². The molecule has 1 aliphatic carbocycles. The predicted octanol–water partition coefficient (Wildman–Crippen LogP) is 4.35. The topological polar surface area (TPSA) is 0 Å². The van der Waals surface area contributed by atoms with Crippen LogP contribution in [0.2, 0.25) is 0 Å². The molecule has 0 heteroatoms. The molecule has 0 bridgehead atoms. The first-order valence-corrected chi connectivity index (χ1v) is 6.11. The van der Waals surface area contributed by atoms with Gasteiger partial charge in [-0.15, -0.1) is 0 Å². The summed E-state index contributed by atoms with van der Waals surface area (Å²) in [5.41, 5.74) is 0. The van der Waals surface area contributed by atoms with E-state index in [2.05, 4.69) is 34.6 Å². The van der Waals surface area contributed by atoms with Gasteiger partial charge in [-0.3, -0.25) is 0 Å². The van der Waals surface area contributed by atoms with Crippen LogP contribution in [0.5, 0.6) is 0 Å². The summed E-state index contributed by atoms with van der Waals surface area (Å²) in [5.74, 6) is 4.83. The summed E-state index contributed by atoms with van der Waals surface area (Å²) in [6.07, 6.45) is 4.23. The summed E-state index contributed by atoms with van der Waals surface area (Å²) < 4.78 is 0. The Hall–Kier alpha value is 0. The van der Waals surface area contributed by atoms with Gasteiger partial charge in [-0.2, -0.15) is 0 Å². The SMILES string of the molecule is CCC1CC(C)C(C)C(CC)C1C. The Morgan fingerprint density at radius 2 is 1.54 bits per heavy atom. The van der Waals surface area contributed by atoms with Crippen molar-refractivity contribution in [2.75, 3.05) is 0 Å². The Morgan fingerprint density at radius 1 is 0.923 bits per heavy atom. The molecule has 78 valence electrons. The normalized spacial score (nSPS) is 46.4. The Labute approximate surface area is 84.1 Å². The van der Waals surface area contributed by atoms with Gasteiger partial charge in [0, 0.05) is 0 Å². The van der Waals surface area contributed by atoms with Crippen molar-refractivity contribution in [2.45, 2.75) is 53.9 Å². The maximum Gasteiger partial charge on any atom is -0.0360 e. The summed E-state index contributed by atoms with van der Waals surface area (Å²) in [5, 5.41) is 0. The van der Waals surface area contributed by atoms with Crippen molar-refractivity contribution in [3.8, 4) is 0 Å². The highest BCUT2D eigenvalue weighted by molar-refractivity contribution is 4.85. The number of hydrogen-bond donors (Lipinski definition) is 0. The quantitative estimate of drug-likeness (QED) is 0.595. The van der Waals surface area contributed by atoms with Gasteiger partial charge < -0.3 is 0 Å². The van der Waals surface area contributed by atoms with Crippen LogP contribution in [-0.2, 0) is 0 Å². The fourth-order valence-corrected chi connectivity index (χ4v) is 3.44. The van der Waals surface area contributed by atoms with Gasteiger partial charge in [0.25, 0.3) is 0 Å². The zero-order valence-electron chi connectivity index (χ0n) is 10.0. The summed E-state index contributed by atoms with van der Waals surface area (Å²) in [6, 6.07) is 0. The van der Waals surface area contributed by atoms with Gasteiger partial charge >= 0.3 is 0 Å². The average molecular weight is 182 g/mol. The molecule has 1 saturated carbocycles. The van der Waals surface area contributed by atoms with Crippen molar-refractivity contribution < 1.29 is 0 Å². The zero-order valence-corrected chi connectivity index (χ0v) is 10.0. The second kappa shape index (κ2) is 4.48. The molecule has 0 amide bonds. The fraction of sp³-hybridized carbons (Fsp3) is 1.00. The van der Waals surface area contributed by atoms with E-state index in [9.17, 15) is 0 Å². The minimum Gasteiger partial charge on any atom is -0.0651 e. The third-order valence-electron chi connectivity index (χ3n) is 4.66. The van der Waals surface area contributed by atoms with Gasteiger partial charge in [-0.25, -0.2) is 0 Å². The highest BCUT2D eigenvalue weighted by Crippen LogP contribution is 2.44. The van der Waals surface area contributed by atoms with Crippen LogP contribution in [0.25, 0.3) is 0 Å². The van der Waals surface area contributed by atoms with Gasteiger partial charge in [0.1, 0.15) is 0 Å². The summed E-state index contributed by atoms with van der Waals surface area (Å²) >= 11 is 0. The molecule has 0 aromatic carbocycles. The third kappa shape index (κ3) is 2.08. The molecule has 5 atom stereocenters. The van der Waals surface area contributed by atoms with E-state index in [1.54, 1.807) is 0 Å². The lowest BCUT2D eigenvalue weighted by Crippen LogP contribution is -2.36. The van der Waals surface area contributed by atoms with Crippen LogP contribution >= 0.6 is 0 Å². The third-order valence-corrected chi connectivity index (χ3v) is 4.66. The smallest absolute Gasteiger partial charge is 0.0360 e. The first kappa shape index (κ1) is 11.1. The lowest BCUT2D eigenvalue weighted by atomic mass is 9.62. The van der Waals surface area contributed by atoms with Crippen molar-refractivity contribution in [1.82, 2.24) is 0 Å². The van der Waals surface area contributed by atoms with Crippen LogP contribution in [0, 0.1) is 29.6 Å². The summed E-state index contributed by atoms with van der Waals surface area (Å²) in [4.78, 5) is 0. The molecule has 0 nitrogen and oxygen atoms in total. The van der Waals surface area contributed by atoms with Crippen molar-refractivity contribution in [2.24, 2.45) is 29.6 Å². The molecule has 1 rings (SSSR count). The van der Waals surface area contributed by atoms with E-state index in [-0.39, 0.29) is 0 Å². The van der Waals surface area contributed by atoms with Gasteiger partial charge in [0.2, 0.25) is 0 Å². The standard InChI is InChI=1S/C13H26/c1-6-12-8-9(3)10(4)13(7-2)11(12)5/h9-13H,6-8H2,1-5H3. The van der Waals surface area contributed by atoms with E-state index in [1.807, 2.05) is 0 Å². The molecule has 1 aliphatic rings. The number of hydrogen-bond acceptors (Lipinski definition) is 0. The van der Waals surface area contributed by atoms with E-state index in [1.165, 1.54) is 19.3 Å².